The molecule has 0 spiro atoms. The molecule has 3 aromatic rings. The number of hydrogen-bond acceptors (Lipinski definition) is 6. The number of methoxy groups -OCH3 is 1. The number of anilines is 1. The molecule has 0 saturated carbocycles. The minimum atomic E-state index is -1.25. The van der Waals surface area contributed by atoms with Gasteiger partial charge in [-0.1, -0.05) is 29.8 Å². The van der Waals surface area contributed by atoms with Gasteiger partial charge in [0, 0.05) is 16.3 Å². The molecule has 2 aromatic carbocycles. The SMILES string of the molecule is COc1ccc(Cl)cc1-c1nc(S/C(C(=O)O)=C2/C(=O)Nc3ccccc32)n[nH]1. The molecule has 0 atom stereocenters. The van der Waals surface area contributed by atoms with E-state index in [1.165, 1.54) is 7.11 Å². The van der Waals surface area contributed by atoms with Crippen molar-refractivity contribution in [3.63, 3.8) is 0 Å². The van der Waals surface area contributed by atoms with Crippen LogP contribution in [-0.2, 0) is 9.59 Å². The van der Waals surface area contributed by atoms with Gasteiger partial charge in [-0.25, -0.2) is 9.78 Å². The number of rotatable bonds is 5. The van der Waals surface area contributed by atoms with Crippen molar-refractivity contribution in [3.05, 3.63) is 58.0 Å². The number of fused-ring (bicyclic) bond motifs is 1. The van der Waals surface area contributed by atoms with Crippen LogP contribution in [0, 0.1) is 0 Å². The van der Waals surface area contributed by atoms with Crippen molar-refractivity contribution in [1.29, 1.82) is 0 Å². The summed E-state index contributed by atoms with van der Waals surface area (Å²) in [6.45, 7) is 0. The molecule has 29 heavy (non-hydrogen) atoms. The average molecular weight is 429 g/mol. The maximum Gasteiger partial charge on any atom is 0.343 e. The molecule has 1 aliphatic heterocycles. The van der Waals surface area contributed by atoms with Crippen molar-refractivity contribution in [2.75, 3.05) is 12.4 Å². The molecule has 0 bridgehead atoms. The summed E-state index contributed by atoms with van der Waals surface area (Å²) in [6.07, 6.45) is 0. The molecule has 0 radical (unpaired) electrons. The van der Waals surface area contributed by atoms with E-state index < -0.39 is 11.9 Å². The van der Waals surface area contributed by atoms with Gasteiger partial charge in [0.25, 0.3) is 5.91 Å². The zero-order valence-corrected chi connectivity index (χ0v) is 16.5. The third-order valence-electron chi connectivity index (χ3n) is 4.17. The van der Waals surface area contributed by atoms with E-state index in [-0.39, 0.29) is 15.6 Å². The summed E-state index contributed by atoms with van der Waals surface area (Å²) < 4.78 is 5.31. The van der Waals surface area contributed by atoms with Crippen molar-refractivity contribution < 1.29 is 19.4 Å². The standard InChI is InChI=1S/C19H13ClN4O4S/c1-28-13-7-6-9(20)8-11(13)16-22-19(24-23-16)29-15(18(26)27)14-10-4-2-3-5-12(10)21-17(14)25/h2-8H,1H3,(H,21,25)(H,26,27)(H,22,23,24)/b15-14+. The lowest BCUT2D eigenvalue weighted by Gasteiger charge is -2.05. The summed E-state index contributed by atoms with van der Waals surface area (Å²) in [5.41, 5.74) is 1.73. The molecule has 4 rings (SSSR count). The van der Waals surface area contributed by atoms with Gasteiger partial charge in [-0.3, -0.25) is 9.89 Å². The summed E-state index contributed by atoms with van der Waals surface area (Å²) in [7, 11) is 1.52. The maximum absolute atomic E-state index is 12.4. The van der Waals surface area contributed by atoms with E-state index in [4.69, 9.17) is 16.3 Å². The zero-order valence-electron chi connectivity index (χ0n) is 14.9. The molecule has 0 saturated heterocycles. The molecule has 1 aliphatic rings. The first kappa shape index (κ1) is 19.0. The highest BCUT2D eigenvalue weighted by atomic mass is 35.5. The molecule has 1 aromatic heterocycles. The second-order valence-corrected chi connectivity index (χ2v) is 7.34. The molecule has 3 N–H and O–H groups in total. The Kier molecular flexibility index (Phi) is 4.99. The Morgan fingerprint density at radius 1 is 1.21 bits per heavy atom. The van der Waals surface area contributed by atoms with Crippen LogP contribution in [0.5, 0.6) is 5.75 Å². The number of aromatic amines is 1. The molecule has 10 heteroatoms. The van der Waals surface area contributed by atoms with Gasteiger partial charge in [-0.2, -0.15) is 0 Å². The number of carbonyl (C=O) groups excluding carboxylic acids is 1. The molecule has 8 nitrogen and oxygen atoms in total. The Hall–Kier alpha value is -3.30. The normalized spacial score (nSPS) is 14.3. The van der Waals surface area contributed by atoms with Gasteiger partial charge in [-0.15, -0.1) is 5.10 Å². The molecular formula is C19H13ClN4O4S. The van der Waals surface area contributed by atoms with Crippen LogP contribution in [0.15, 0.2) is 52.5 Å². The highest BCUT2D eigenvalue weighted by molar-refractivity contribution is 8.04. The fourth-order valence-corrected chi connectivity index (χ4v) is 3.89. The highest BCUT2D eigenvalue weighted by Crippen LogP contribution is 2.39. The summed E-state index contributed by atoms with van der Waals surface area (Å²) in [5.74, 6) is -0.840. The van der Waals surface area contributed by atoms with Crippen LogP contribution in [0.1, 0.15) is 5.56 Å². The lowest BCUT2D eigenvalue weighted by molar-refractivity contribution is -0.131. The average Bonchev–Trinajstić information content (AvgIpc) is 3.29. The third kappa shape index (κ3) is 3.57. The Bertz CT molecular complexity index is 1170. The summed E-state index contributed by atoms with van der Waals surface area (Å²) in [6, 6.07) is 11.9. The number of benzene rings is 2. The molecule has 146 valence electrons. The van der Waals surface area contributed by atoms with E-state index in [0.29, 0.717) is 33.4 Å². The fraction of sp³-hybridized carbons (Fsp3) is 0.0526. The number of nitrogens with one attached hydrogen (secondary N) is 2. The number of hydrogen-bond donors (Lipinski definition) is 3. The number of para-hydroxylation sites is 1. The Labute approximate surface area is 173 Å². The van der Waals surface area contributed by atoms with Gasteiger partial charge < -0.3 is 15.2 Å². The van der Waals surface area contributed by atoms with Crippen molar-refractivity contribution in [1.82, 2.24) is 15.2 Å². The Balaban J connectivity index is 1.73. The summed E-state index contributed by atoms with van der Waals surface area (Å²) >= 11 is 6.84. The zero-order chi connectivity index (χ0) is 20.5. The largest absolute Gasteiger partial charge is 0.496 e. The number of H-pyrrole nitrogens is 1. The Morgan fingerprint density at radius 2 is 2.00 bits per heavy atom. The van der Waals surface area contributed by atoms with E-state index >= 15 is 0 Å². The van der Waals surface area contributed by atoms with Crippen LogP contribution in [0.4, 0.5) is 5.69 Å². The van der Waals surface area contributed by atoms with Crippen LogP contribution in [0.25, 0.3) is 17.0 Å². The third-order valence-corrected chi connectivity index (χ3v) is 5.35. The van der Waals surface area contributed by atoms with Crippen molar-refractivity contribution >= 4 is 46.5 Å². The first-order chi connectivity index (χ1) is 14.0. The predicted octanol–water partition coefficient (Wildman–Crippen LogP) is 3.67. The smallest absolute Gasteiger partial charge is 0.343 e. The van der Waals surface area contributed by atoms with Crippen LogP contribution < -0.4 is 10.1 Å². The van der Waals surface area contributed by atoms with Crippen LogP contribution in [-0.4, -0.2) is 39.3 Å². The minimum Gasteiger partial charge on any atom is -0.496 e. The van der Waals surface area contributed by atoms with Crippen LogP contribution >= 0.6 is 23.4 Å². The quantitative estimate of drug-likeness (QED) is 0.419. The van der Waals surface area contributed by atoms with Gasteiger partial charge >= 0.3 is 5.97 Å². The van der Waals surface area contributed by atoms with Gasteiger partial charge in [-0.05, 0) is 36.0 Å². The second kappa shape index (κ2) is 7.61. The van der Waals surface area contributed by atoms with E-state index in [1.807, 2.05) is 0 Å². The van der Waals surface area contributed by atoms with Gasteiger partial charge in [0.15, 0.2) is 5.82 Å². The Morgan fingerprint density at radius 3 is 2.76 bits per heavy atom. The fourth-order valence-electron chi connectivity index (χ4n) is 2.91. The van der Waals surface area contributed by atoms with E-state index in [0.717, 1.165) is 11.8 Å². The van der Waals surface area contributed by atoms with Crippen LogP contribution in [0.3, 0.4) is 0 Å². The molecule has 0 fully saturated rings. The number of thioether (sulfide) groups is 1. The maximum atomic E-state index is 12.4. The van der Waals surface area contributed by atoms with Crippen molar-refractivity contribution in [3.8, 4) is 17.1 Å². The molecular weight excluding hydrogens is 416 g/mol. The van der Waals surface area contributed by atoms with E-state index in [9.17, 15) is 14.7 Å². The predicted molar refractivity (Wildman–Crippen MR) is 109 cm³/mol. The van der Waals surface area contributed by atoms with Gasteiger partial charge in [0.1, 0.15) is 10.7 Å². The highest BCUT2D eigenvalue weighted by Gasteiger charge is 2.31. The first-order valence-electron chi connectivity index (χ1n) is 8.30. The number of ether oxygens (including phenoxy) is 1. The number of carbonyl (C=O) groups is 2. The van der Waals surface area contributed by atoms with Crippen LogP contribution in [0.2, 0.25) is 5.02 Å². The van der Waals surface area contributed by atoms with Crippen molar-refractivity contribution in [2.45, 2.75) is 5.16 Å². The number of halogens is 1. The lowest BCUT2D eigenvalue weighted by atomic mass is 10.1. The number of nitrogens with zero attached hydrogens (tertiary/aromatic N) is 2. The van der Waals surface area contributed by atoms with E-state index in [1.54, 1.807) is 42.5 Å². The topological polar surface area (TPSA) is 117 Å². The number of aromatic nitrogens is 3. The number of aliphatic carboxylic acids is 1. The molecule has 2 heterocycles. The van der Waals surface area contributed by atoms with Gasteiger partial charge in [0.05, 0.1) is 18.2 Å². The number of carboxylic acid groups (broad SMARTS) is 1. The summed E-state index contributed by atoms with van der Waals surface area (Å²) in [5, 5.41) is 19.8. The second-order valence-electron chi connectivity index (χ2n) is 5.92. The molecule has 0 aliphatic carbocycles. The molecule has 1 amide bonds. The van der Waals surface area contributed by atoms with Gasteiger partial charge in [0.2, 0.25) is 5.16 Å². The minimum absolute atomic E-state index is 0.0739. The van der Waals surface area contributed by atoms with Crippen molar-refractivity contribution in [2.24, 2.45) is 0 Å². The van der Waals surface area contributed by atoms with E-state index in [2.05, 4.69) is 20.5 Å². The lowest BCUT2D eigenvalue weighted by Crippen LogP contribution is -2.09. The number of amides is 1. The summed E-state index contributed by atoms with van der Waals surface area (Å²) in [4.78, 5) is 28.5. The first-order valence-corrected chi connectivity index (χ1v) is 9.50. The number of carboxylic acids is 1. The monoisotopic (exact) mass is 428 g/mol. The molecule has 0 unspecified atom stereocenters.